The number of carbonyl (C=O) groups is 1. The first-order chi connectivity index (χ1) is 10.1. The third-order valence-corrected chi connectivity index (χ3v) is 2.62. The Kier molecular flexibility index (Phi) is 5.15. The van der Waals surface area contributed by atoms with Crippen LogP contribution in [0.1, 0.15) is 13.8 Å². The molecule has 110 valence electrons. The zero-order valence-corrected chi connectivity index (χ0v) is 12.2. The van der Waals surface area contributed by atoms with Crippen LogP contribution in [-0.2, 0) is 4.79 Å². The highest BCUT2D eigenvalue weighted by molar-refractivity contribution is 5.93. The molecule has 0 aliphatic rings. The first-order valence-corrected chi connectivity index (χ1v) is 6.85. The fourth-order valence-corrected chi connectivity index (χ4v) is 1.74. The second-order valence-corrected chi connectivity index (χ2v) is 4.79. The quantitative estimate of drug-likeness (QED) is 0.856. The second kappa shape index (κ2) is 7.28. The number of nitrogens with one attached hydrogen (secondary N) is 2. The number of carbonyl (C=O) groups excluding carboxylic acids is 1. The number of rotatable bonds is 6. The predicted molar refractivity (Wildman–Crippen MR) is 83.6 cm³/mol. The zero-order valence-electron chi connectivity index (χ0n) is 12.2. The minimum Gasteiger partial charge on any atom is -0.473 e. The molecule has 0 bridgehead atoms. The van der Waals surface area contributed by atoms with Crippen LogP contribution >= 0.6 is 0 Å². The maximum absolute atomic E-state index is 11.9. The van der Waals surface area contributed by atoms with E-state index >= 15 is 0 Å². The Morgan fingerprint density at radius 3 is 2.67 bits per heavy atom. The molecule has 2 N–H and O–H groups in total. The molecule has 1 aromatic carbocycles. The van der Waals surface area contributed by atoms with Gasteiger partial charge in [0.15, 0.2) is 0 Å². The zero-order chi connectivity index (χ0) is 15.1. The van der Waals surface area contributed by atoms with Crippen LogP contribution in [0.3, 0.4) is 0 Å². The van der Waals surface area contributed by atoms with Gasteiger partial charge in [0.2, 0.25) is 11.8 Å². The van der Waals surface area contributed by atoms with Crippen molar-refractivity contribution in [2.75, 3.05) is 17.2 Å². The van der Waals surface area contributed by atoms with E-state index in [-0.39, 0.29) is 18.6 Å². The van der Waals surface area contributed by atoms with Crippen molar-refractivity contribution in [3.05, 3.63) is 48.7 Å². The highest BCUT2D eigenvalue weighted by Crippen LogP contribution is 2.21. The molecule has 0 aliphatic heterocycles. The van der Waals surface area contributed by atoms with E-state index in [0.29, 0.717) is 11.6 Å². The summed E-state index contributed by atoms with van der Waals surface area (Å²) in [6, 6.07) is 13.0. The van der Waals surface area contributed by atoms with Crippen molar-refractivity contribution in [2.45, 2.75) is 20.0 Å². The molecular formula is C16H19N3O2. The van der Waals surface area contributed by atoms with Gasteiger partial charge in [0.1, 0.15) is 0 Å². The lowest BCUT2D eigenvalue weighted by molar-refractivity contribution is -0.114. The smallest absolute Gasteiger partial charge is 0.243 e. The molecule has 1 aromatic heterocycles. The van der Waals surface area contributed by atoms with Gasteiger partial charge in [0, 0.05) is 11.9 Å². The Bertz CT molecular complexity index is 585. The van der Waals surface area contributed by atoms with Gasteiger partial charge in [0.05, 0.1) is 18.3 Å². The highest BCUT2D eigenvalue weighted by atomic mass is 16.5. The van der Waals surface area contributed by atoms with Crippen LogP contribution in [0.2, 0.25) is 0 Å². The van der Waals surface area contributed by atoms with E-state index in [4.69, 9.17) is 4.74 Å². The highest BCUT2D eigenvalue weighted by Gasteiger charge is 2.08. The third kappa shape index (κ3) is 4.80. The molecule has 2 rings (SSSR count). The second-order valence-electron chi connectivity index (χ2n) is 4.79. The van der Waals surface area contributed by atoms with E-state index in [1.165, 1.54) is 0 Å². The molecule has 0 radical (unpaired) electrons. The van der Waals surface area contributed by atoms with Gasteiger partial charge < -0.3 is 15.4 Å². The number of benzene rings is 1. The van der Waals surface area contributed by atoms with E-state index in [0.717, 1.165) is 5.69 Å². The summed E-state index contributed by atoms with van der Waals surface area (Å²) >= 11 is 0. The Morgan fingerprint density at radius 2 is 1.95 bits per heavy atom. The lowest BCUT2D eigenvalue weighted by atomic mass is 10.3. The third-order valence-electron chi connectivity index (χ3n) is 2.62. The molecule has 2 aromatic rings. The van der Waals surface area contributed by atoms with E-state index in [1.807, 2.05) is 50.2 Å². The number of ether oxygens (including phenoxy) is 1. The van der Waals surface area contributed by atoms with Crippen LogP contribution in [0.4, 0.5) is 11.4 Å². The fraction of sp³-hybridized carbons (Fsp3) is 0.250. The summed E-state index contributed by atoms with van der Waals surface area (Å²) in [7, 11) is 0. The minimum absolute atomic E-state index is 0.0265. The topological polar surface area (TPSA) is 63.2 Å². The molecule has 5 nitrogen and oxygen atoms in total. The molecular weight excluding hydrogens is 266 g/mol. The summed E-state index contributed by atoms with van der Waals surface area (Å²) in [6.07, 6.45) is 1.69. The number of amides is 1. The Hall–Kier alpha value is -2.56. The van der Waals surface area contributed by atoms with Crippen molar-refractivity contribution in [1.29, 1.82) is 0 Å². The number of aromatic nitrogens is 1. The van der Waals surface area contributed by atoms with Crippen LogP contribution in [-0.4, -0.2) is 23.5 Å². The molecule has 5 heteroatoms. The summed E-state index contributed by atoms with van der Waals surface area (Å²) in [5.74, 6) is 0.376. The molecule has 0 fully saturated rings. The number of pyridine rings is 1. The molecule has 0 atom stereocenters. The largest absolute Gasteiger partial charge is 0.473 e. The van der Waals surface area contributed by atoms with Crippen molar-refractivity contribution in [3.8, 4) is 5.88 Å². The Morgan fingerprint density at radius 1 is 1.19 bits per heavy atom. The number of nitrogens with zero attached hydrogens (tertiary/aromatic N) is 1. The number of hydrogen-bond acceptors (Lipinski definition) is 4. The maximum atomic E-state index is 11.9. The monoisotopic (exact) mass is 285 g/mol. The standard InChI is InChI=1S/C16H19N3O2/c1-12(2)21-16-14(9-6-10-17-16)18-11-15(20)19-13-7-4-3-5-8-13/h3-10,12,18H,11H2,1-2H3,(H,19,20). The molecule has 0 saturated heterocycles. The average Bonchev–Trinajstić information content (AvgIpc) is 2.47. The van der Waals surface area contributed by atoms with E-state index < -0.39 is 0 Å². The summed E-state index contributed by atoms with van der Waals surface area (Å²) in [5.41, 5.74) is 1.48. The Balaban J connectivity index is 1.92. The molecule has 1 amide bonds. The van der Waals surface area contributed by atoms with Crippen LogP contribution in [0.15, 0.2) is 48.7 Å². The van der Waals surface area contributed by atoms with Gasteiger partial charge in [-0.1, -0.05) is 18.2 Å². The van der Waals surface area contributed by atoms with Gasteiger partial charge in [-0.3, -0.25) is 4.79 Å². The number of para-hydroxylation sites is 1. The van der Waals surface area contributed by atoms with E-state index in [1.54, 1.807) is 12.3 Å². The van der Waals surface area contributed by atoms with Gasteiger partial charge in [-0.15, -0.1) is 0 Å². The number of hydrogen-bond donors (Lipinski definition) is 2. The molecule has 1 heterocycles. The summed E-state index contributed by atoms with van der Waals surface area (Å²) in [5, 5.41) is 5.85. The van der Waals surface area contributed by atoms with Gasteiger partial charge in [-0.25, -0.2) is 4.98 Å². The van der Waals surface area contributed by atoms with Crippen LogP contribution < -0.4 is 15.4 Å². The fourth-order valence-electron chi connectivity index (χ4n) is 1.74. The SMILES string of the molecule is CC(C)Oc1ncccc1NCC(=O)Nc1ccccc1. The van der Waals surface area contributed by atoms with Gasteiger partial charge in [0.25, 0.3) is 0 Å². The van der Waals surface area contributed by atoms with Crippen molar-refractivity contribution in [1.82, 2.24) is 4.98 Å². The summed E-state index contributed by atoms with van der Waals surface area (Å²) in [4.78, 5) is 16.0. The lowest BCUT2D eigenvalue weighted by Crippen LogP contribution is -2.22. The normalized spacial score (nSPS) is 10.2. The number of anilines is 2. The van der Waals surface area contributed by atoms with Crippen molar-refractivity contribution >= 4 is 17.3 Å². The minimum atomic E-state index is -0.124. The maximum Gasteiger partial charge on any atom is 0.243 e. The average molecular weight is 285 g/mol. The lowest BCUT2D eigenvalue weighted by Gasteiger charge is -2.14. The van der Waals surface area contributed by atoms with Crippen molar-refractivity contribution < 1.29 is 9.53 Å². The molecule has 0 aliphatic carbocycles. The van der Waals surface area contributed by atoms with Crippen LogP contribution in [0.25, 0.3) is 0 Å². The van der Waals surface area contributed by atoms with Gasteiger partial charge >= 0.3 is 0 Å². The van der Waals surface area contributed by atoms with Gasteiger partial charge in [-0.2, -0.15) is 0 Å². The van der Waals surface area contributed by atoms with E-state index in [9.17, 15) is 4.79 Å². The molecule has 0 unspecified atom stereocenters. The van der Waals surface area contributed by atoms with Crippen LogP contribution in [0.5, 0.6) is 5.88 Å². The molecule has 0 saturated carbocycles. The first-order valence-electron chi connectivity index (χ1n) is 6.85. The predicted octanol–water partition coefficient (Wildman–Crippen LogP) is 2.92. The van der Waals surface area contributed by atoms with Crippen LogP contribution in [0, 0.1) is 0 Å². The molecule has 21 heavy (non-hydrogen) atoms. The first kappa shape index (κ1) is 14.8. The van der Waals surface area contributed by atoms with Crippen molar-refractivity contribution in [2.24, 2.45) is 0 Å². The van der Waals surface area contributed by atoms with E-state index in [2.05, 4.69) is 15.6 Å². The summed E-state index contributed by atoms with van der Waals surface area (Å²) in [6.45, 7) is 4.01. The Labute approximate surface area is 124 Å². The van der Waals surface area contributed by atoms with Crippen molar-refractivity contribution in [3.63, 3.8) is 0 Å². The molecule has 0 spiro atoms. The van der Waals surface area contributed by atoms with Gasteiger partial charge in [-0.05, 0) is 38.1 Å². The summed E-state index contributed by atoms with van der Waals surface area (Å²) < 4.78 is 5.59.